The first-order valence-electron chi connectivity index (χ1n) is 13.0. The third-order valence-electron chi connectivity index (χ3n) is 6.16. The Morgan fingerprint density at radius 2 is 1.68 bits per heavy atom. The van der Waals surface area contributed by atoms with Gasteiger partial charge in [0.15, 0.2) is 22.5 Å². The number of aryl methyl sites for hydroxylation is 2. The summed E-state index contributed by atoms with van der Waals surface area (Å²) in [5.74, 6) is 1.87. The van der Waals surface area contributed by atoms with Crippen molar-refractivity contribution >= 4 is 29.3 Å². The highest BCUT2D eigenvalue weighted by atomic mass is 32.2. The van der Waals surface area contributed by atoms with Gasteiger partial charge in [-0.05, 0) is 80.4 Å². The molecule has 4 aromatic rings. The number of benzene rings is 3. The van der Waals surface area contributed by atoms with Crippen molar-refractivity contribution in [3.05, 3.63) is 83.2 Å². The van der Waals surface area contributed by atoms with E-state index in [1.54, 1.807) is 18.2 Å². The number of ether oxygens (including phenoxy) is 3. The first kappa shape index (κ1) is 29.5. The number of rotatable bonds is 12. The lowest BCUT2D eigenvalue weighted by Crippen LogP contribution is -2.24. The molecule has 3 aromatic carbocycles. The molecule has 0 saturated carbocycles. The van der Waals surface area contributed by atoms with E-state index in [1.165, 1.54) is 26.0 Å². The fourth-order valence-corrected chi connectivity index (χ4v) is 4.82. The van der Waals surface area contributed by atoms with E-state index in [0.717, 1.165) is 28.3 Å². The molecule has 0 saturated heterocycles. The number of nitrogens with zero attached hydrogens (tertiary/aromatic N) is 3. The van der Waals surface area contributed by atoms with Gasteiger partial charge >= 0.3 is 0 Å². The van der Waals surface area contributed by atoms with Crippen molar-refractivity contribution in [2.45, 2.75) is 32.5 Å². The van der Waals surface area contributed by atoms with Gasteiger partial charge in [0, 0.05) is 16.9 Å². The van der Waals surface area contributed by atoms with Crippen LogP contribution in [0.5, 0.6) is 17.2 Å². The molecule has 11 heteroatoms. The van der Waals surface area contributed by atoms with Crippen LogP contribution in [-0.4, -0.2) is 53.2 Å². The molecule has 214 valence electrons. The lowest BCUT2D eigenvalue weighted by Gasteiger charge is -2.13. The van der Waals surface area contributed by atoms with E-state index in [9.17, 15) is 9.59 Å². The molecule has 2 amide bonds. The number of carbonyl (C=O) groups is 2. The fourth-order valence-electron chi connectivity index (χ4n) is 4.05. The molecule has 0 aliphatic rings. The van der Waals surface area contributed by atoms with E-state index in [4.69, 9.17) is 14.2 Å². The van der Waals surface area contributed by atoms with E-state index in [2.05, 4.69) is 20.8 Å². The minimum Gasteiger partial charge on any atom is -0.494 e. The quantitative estimate of drug-likeness (QED) is 0.228. The van der Waals surface area contributed by atoms with Crippen molar-refractivity contribution in [2.24, 2.45) is 0 Å². The van der Waals surface area contributed by atoms with Gasteiger partial charge in [0.2, 0.25) is 5.91 Å². The summed E-state index contributed by atoms with van der Waals surface area (Å²) >= 11 is 1.26. The summed E-state index contributed by atoms with van der Waals surface area (Å²) in [6.45, 7) is 6.51. The number of thioether (sulfide) groups is 1. The lowest BCUT2D eigenvalue weighted by molar-refractivity contribution is -0.113. The largest absolute Gasteiger partial charge is 0.494 e. The van der Waals surface area contributed by atoms with Gasteiger partial charge in [-0.1, -0.05) is 23.9 Å². The van der Waals surface area contributed by atoms with Crippen LogP contribution in [0.25, 0.3) is 5.69 Å². The van der Waals surface area contributed by atoms with Crippen molar-refractivity contribution in [2.75, 3.05) is 31.9 Å². The third-order valence-corrected chi connectivity index (χ3v) is 7.09. The summed E-state index contributed by atoms with van der Waals surface area (Å²) in [5, 5.41) is 15.1. The van der Waals surface area contributed by atoms with E-state index >= 15 is 0 Å². The lowest BCUT2D eigenvalue weighted by atomic mass is 10.1. The van der Waals surface area contributed by atoms with Crippen LogP contribution >= 0.6 is 11.8 Å². The number of hydrogen-bond donors (Lipinski definition) is 2. The van der Waals surface area contributed by atoms with Crippen molar-refractivity contribution in [3.63, 3.8) is 0 Å². The normalized spacial score (nSPS) is 10.7. The molecule has 1 heterocycles. The maximum absolute atomic E-state index is 13.0. The van der Waals surface area contributed by atoms with Crippen LogP contribution in [0.3, 0.4) is 0 Å². The average molecular weight is 576 g/mol. The molecule has 0 unspecified atom stereocenters. The summed E-state index contributed by atoms with van der Waals surface area (Å²) in [7, 11) is 3.05. The van der Waals surface area contributed by atoms with Crippen LogP contribution in [-0.2, 0) is 11.3 Å². The summed E-state index contributed by atoms with van der Waals surface area (Å²) in [6, 6.07) is 18.3. The summed E-state index contributed by atoms with van der Waals surface area (Å²) in [6.07, 6.45) is 0. The van der Waals surface area contributed by atoms with E-state index in [-0.39, 0.29) is 24.1 Å². The Balaban J connectivity index is 1.53. The Bertz CT molecular complexity index is 1520. The SMILES string of the molecule is CCOc1ccc(-n2c(CNC(=O)c3ccc(OC)c(OC)c3)nnc2SCC(=O)Nc2cc(C)ccc2C)cc1. The number of aromatic nitrogens is 3. The zero-order chi connectivity index (χ0) is 29.4. The average Bonchev–Trinajstić information content (AvgIpc) is 3.39. The molecule has 0 aliphatic carbocycles. The Kier molecular flexibility index (Phi) is 9.86. The molecule has 0 radical (unpaired) electrons. The summed E-state index contributed by atoms with van der Waals surface area (Å²) in [4.78, 5) is 25.8. The van der Waals surface area contributed by atoms with Crippen LogP contribution in [0.2, 0.25) is 0 Å². The van der Waals surface area contributed by atoms with Crippen molar-refractivity contribution < 1.29 is 23.8 Å². The molecule has 0 spiro atoms. The first-order chi connectivity index (χ1) is 19.8. The van der Waals surface area contributed by atoms with Gasteiger partial charge in [0.05, 0.1) is 33.1 Å². The predicted octanol–water partition coefficient (Wildman–Crippen LogP) is 4.96. The van der Waals surface area contributed by atoms with Crippen LogP contribution in [0.15, 0.2) is 65.8 Å². The van der Waals surface area contributed by atoms with E-state index in [0.29, 0.717) is 34.7 Å². The highest BCUT2D eigenvalue weighted by Gasteiger charge is 2.18. The zero-order valence-electron chi connectivity index (χ0n) is 23.7. The second kappa shape index (κ2) is 13.7. The molecule has 2 N–H and O–H groups in total. The number of nitrogens with one attached hydrogen (secondary N) is 2. The molecular formula is C30H33N5O5S. The number of anilines is 1. The highest BCUT2D eigenvalue weighted by molar-refractivity contribution is 7.99. The van der Waals surface area contributed by atoms with E-state index in [1.807, 2.05) is 67.8 Å². The van der Waals surface area contributed by atoms with Crippen LogP contribution in [0, 0.1) is 13.8 Å². The van der Waals surface area contributed by atoms with Crippen molar-refractivity contribution in [1.29, 1.82) is 0 Å². The first-order valence-corrected chi connectivity index (χ1v) is 14.0. The van der Waals surface area contributed by atoms with Crippen LogP contribution < -0.4 is 24.8 Å². The monoisotopic (exact) mass is 575 g/mol. The second-order valence-electron chi connectivity index (χ2n) is 9.07. The van der Waals surface area contributed by atoms with Crippen molar-refractivity contribution in [1.82, 2.24) is 20.1 Å². The van der Waals surface area contributed by atoms with Gasteiger partial charge in [-0.25, -0.2) is 0 Å². The van der Waals surface area contributed by atoms with Gasteiger partial charge in [-0.3, -0.25) is 14.2 Å². The Labute approximate surface area is 243 Å². The Hall–Kier alpha value is -4.51. The second-order valence-corrected chi connectivity index (χ2v) is 10.0. The minimum absolute atomic E-state index is 0.0998. The number of hydrogen-bond acceptors (Lipinski definition) is 8. The van der Waals surface area contributed by atoms with Gasteiger partial charge in [-0.2, -0.15) is 0 Å². The Morgan fingerprint density at radius 3 is 2.39 bits per heavy atom. The zero-order valence-corrected chi connectivity index (χ0v) is 24.5. The molecule has 0 bridgehead atoms. The number of methoxy groups -OCH3 is 2. The number of amides is 2. The topological polar surface area (TPSA) is 117 Å². The van der Waals surface area contributed by atoms with E-state index < -0.39 is 0 Å². The maximum Gasteiger partial charge on any atom is 0.251 e. The van der Waals surface area contributed by atoms with Gasteiger partial charge in [0.25, 0.3) is 5.91 Å². The van der Waals surface area contributed by atoms with Gasteiger partial charge in [0.1, 0.15) is 5.75 Å². The third kappa shape index (κ3) is 7.37. The number of carbonyl (C=O) groups excluding carboxylic acids is 2. The molecular weight excluding hydrogens is 542 g/mol. The molecule has 1 aromatic heterocycles. The fraction of sp³-hybridized carbons (Fsp3) is 0.267. The standard InChI is InChI=1S/C30H33N5O5S/c1-6-40-23-12-10-22(11-13-23)35-27(17-31-29(37)21-9-14-25(38-4)26(16-21)39-5)33-34-30(35)41-18-28(36)32-24-15-19(2)7-8-20(24)3/h7-16H,6,17-18H2,1-5H3,(H,31,37)(H,32,36). The molecule has 0 fully saturated rings. The smallest absolute Gasteiger partial charge is 0.251 e. The highest BCUT2D eigenvalue weighted by Crippen LogP contribution is 2.28. The summed E-state index contributed by atoms with van der Waals surface area (Å²) in [5.41, 5.74) is 4.01. The Morgan fingerprint density at radius 1 is 0.927 bits per heavy atom. The molecule has 4 rings (SSSR count). The van der Waals surface area contributed by atoms with Gasteiger partial charge in [-0.15, -0.1) is 10.2 Å². The molecule has 41 heavy (non-hydrogen) atoms. The molecule has 10 nitrogen and oxygen atoms in total. The minimum atomic E-state index is -0.311. The molecule has 0 aliphatic heterocycles. The maximum atomic E-state index is 13.0. The molecule has 0 atom stereocenters. The van der Waals surface area contributed by atoms with Gasteiger partial charge < -0.3 is 24.8 Å². The van der Waals surface area contributed by atoms with Crippen molar-refractivity contribution in [3.8, 4) is 22.9 Å². The van der Waals surface area contributed by atoms with Crippen LogP contribution in [0.1, 0.15) is 34.2 Å². The predicted molar refractivity (Wildman–Crippen MR) is 159 cm³/mol. The van der Waals surface area contributed by atoms with Crippen LogP contribution in [0.4, 0.5) is 5.69 Å². The summed E-state index contributed by atoms with van der Waals surface area (Å²) < 4.78 is 18.0.